The second-order valence-electron chi connectivity index (χ2n) is 4.64. The van der Waals surface area contributed by atoms with Gasteiger partial charge in [0, 0.05) is 24.6 Å². The number of nitriles is 1. The van der Waals surface area contributed by atoms with E-state index in [0.717, 1.165) is 6.42 Å². The van der Waals surface area contributed by atoms with Crippen molar-refractivity contribution in [2.75, 3.05) is 5.32 Å². The van der Waals surface area contributed by atoms with Crippen molar-refractivity contribution < 1.29 is 4.79 Å². The van der Waals surface area contributed by atoms with Gasteiger partial charge in [-0.3, -0.25) is 13.9 Å². The summed E-state index contributed by atoms with van der Waals surface area (Å²) in [5.41, 5.74) is 0.817. The fourth-order valence-electron chi connectivity index (χ4n) is 2.01. The Labute approximate surface area is 122 Å². The van der Waals surface area contributed by atoms with Crippen LogP contribution in [0.5, 0.6) is 0 Å². The molecular weight excluding hydrogens is 268 g/mol. The molecule has 0 fully saturated rings. The Morgan fingerprint density at radius 2 is 2.10 bits per heavy atom. The third-order valence-electron chi connectivity index (χ3n) is 2.97. The number of rotatable bonds is 5. The van der Waals surface area contributed by atoms with Crippen LogP contribution >= 0.6 is 0 Å². The second kappa shape index (κ2) is 6.57. The second-order valence-corrected chi connectivity index (χ2v) is 4.64. The van der Waals surface area contributed by atoms with Crippen LogP contribution in [-0.4, -0.2) is 15.0 Å². The highest BCUT2D eigenvalue weighted by molar-refractivity contribution is 5.90. The zero-order valence-electron chi connectivity index (χ0n) is 11.7. The lowest BCUT2D eigenvalue weighted by molar-refractivity contribution is -0.116. The summed E-state index contributed by atoms with van der Waals surface area (Å²) in [4.78, 5) is 23.9. The van der Waals surface area contributed by atoms with Crippen LogP contribution in [0.4, 0.5) is 5.69 Å². The first-order valence-electron chi connectivity index (χ1n) is 6.69. The number of nitrogens with one attached hydrogen (secondary N) is 1. The van der Waals surface area contributed by atoms with Crippen LogP contribution in [0, 0.1) is 11.3 Å². The fourth-order valence-corrected chi connectivity index (χ4v) is 2.01. The molecule has 0 atom stereocenters. The normalized spacial score (nSPS) is 10.1. The van der Waals surface area contributed by atoms with Gasteiger partial charge in [-0.1, -0.05) is 13.0 Å². The number of anilines is 1. The lowest BCUT2D eigenvalue weighted by Crippen LogP contribution is -2.29. The predicted molar refractivity (Wildman–Crippen MR) is 78.8 cm³/mol. The topological polar surface area (TPSA) is 79.8 Å². The van der Waals surface area contributed by atoms with Gasteiger partial charge in [0.05, 0.1) is 11.6 Å². The molecule has 1 aromatic carbocycles. The molecule has 0 aliphatic rings. The molecule has 0 aliphatic carbocycles. The Bertz CT molecular complexity index is 737. The van der Waals surface area contributed by atoms with Crippen LogP contribution in [0.15, 0.2) is 41.5 Å². The van der Waals surface area contributed by atoms with Crippen molar-refractivity contribution in [3.63, 3.8) is 0 Å². The molecule has 0 bridgehead atoms. The predicted octanol–water partition coefficient (Wildman–Crippen LogP) is 1.57. The average Bonchev–Trinajstić information content (AvgIpc) is 2.81. The van der Waals surface area contributed by atoms with Gasteiger partial charge in [-0.25, -0.2) is 4.79 Å². The van der Waals surface area contributed by atoms with Crippen LogP contribution in [0.25, 0.3) is 0 Å². The Morgan fingerprint density at radius 3 is 2.81 bits per heavy atom. The summed E-state index contributed by atoms with van der Waals surface area (Å²) in [6.07, 6.45) is 4.13. The van der Waals surface area contributed by atoms with Crippen molar-refractivity contribution in [3.8, 4) is 6.07 Å². The van der Waals surface area contributed by atoms with E-state index in [1.54, 1.807) is 41.2 Å². The van der Waals surface area contributed by atoms with Crippen LogP contribution in [0.3, 0.4) is 0 Å². The number of carbonyl (C=O) groups is 1. The Kier molecular flexibility index (Phi) is 4.57. The molecule has 0 unspecified atom stereocenters. The number of nitrogens with zero attached hydrogens (tertiary/aromatic N) is 3. The van der Waals surface area contributed by atoms with Gasteiger partial charge < -0.3 is 5.32 Å². The average molecular weight is 284 g/mol. The fraction of sp³-hybridized carbons (Fsp3) is 0.267. The molecule has 0 saturated heterocycles. The van der Waals surface area contributed by atoms with Crippen LogP contribution in [-0.2, 0) is 17.9 Å². The first-order chi connectivity index (χ1) is 10.1. The molecular formula is C15H16N4O2. The minimum atomic E-state index is -0.304. The van der Waals surface area contributed by atoms with Gasteiger partial charge in [-0.2, -0.15) is 5.26 Å². The molecule has 1 amide bonds. The Morgan fingerprint density at radius 1 is 1.33 bits per heavy atom. The summed E-state index contributed by atoms with van der Waals surface area (Å²) in [6, 6.07) is 8.64. The van der Waals surface area contributed by atoms with E-state index in [9.17, 15) is 9.59 Å². The Balaban J connectivity index is 2.05. The monoisotopic (exact) mass is 284 g/mol. The molecule has 0 aliphatic heterocycles. The van der Waals surface area contributed by atoms with Crippen molar-refractivity contribution >= 4 is 11.6 Å². The number of hydrogen-bond acceptors (Lipinski definition) is 3. The standard InChI is InChI=1S/C15H16N4O2/c1-2-6-18-7-8-19(15(18)21)11-14(20)17-13-5-3-4-12(9-13)10-16/h3-5,7-9H,2,6,11H2,1H3,(H,17,20). The van der Waals surface area contributed by atoms with Gasteiger partial charge in [0.1, 0.15) is 6.54 Å². The van der Waals surface area contributed by atoms with E-state index in [-0.39, 0.29) is 18.1 Å². The highest BCUT2D eigenvalue weighted by Gasteiger charge is 2.08. The first-order valence-corrected chi connectivity index (χ1v) is 6.69. The molecule has 0 radical (unpaired) electrons. The molecule has 2 aromatic rings. The van der Waals surface area contributed by atoms with Gasteiger partial charge >= 0.3 is 5.69 Å². The number of aryl methyl sites for hydroxylation is 1. The third-order valence-corrected chi connectivity index (χ3v) is 2.97. The number of hydrogen-bond donors (Lipinski definition) is 1. The number of aromatic nitrogens is 2. The van der Waals surface area contributed by atoms with Gasteiger partial charge in [-0.05, 0) is 24.6 Å². The summed E-state index contributed by atoms with van der Waals surface area (Å²) >= 11 is 0. The quantitative estimate of drug-likeness (QED) is 0.905. The van der Waals surface area contributed by atoms with E-state index in [2.05, 4.69) is 5.32 Å². The maximum absolute atomic E-state index is 12.0. The Hall–Kier alpha value is -2.81. The van der Waals surface area contributed by atoms with Crippen LogP contribution < -0.4 is 11.0 Å². The van der Waals surface area contributed by atoms with E-state index in [0.29, 0.717) is 17.8 Å². The van der Waals surface area contributed by atoms with Crippen molar-refractivity contribution in [1.82, 2.24) is 9.13 Å². The summed E-state index contributed by atoms with van der Waals surface area (Å²) < 4.78 is 2.93. The largest absolute Gasteiger partial charge is 0.328 e. The van der Waals surface area contributed by atoms with Crippen molar-refractivity contribution in [2.24, 2.45) is 0 Å². The molecule has 6 nitrogen and oxygen atoms in total. The maximum atomic E-state index is 12.0. The molecule has 108 valence electrons. The molecule has 1 heterocycles. The van der Waals surface area contributed by atoms with E-state index < -0.39 is 0 Å². The summed E-state index contributed by atoms with van der Waals surface area (Å²) in [6.45, 7) is 2.57. The van der Waals surface area contributed by atoms with Crippen molar-refractivity contribution in [3.05, 3.63) is 52.7 Å². The molecule has 6 heteroatoms. The number of carbonyl (C=O) groups excluding carboxylic acids is 1. The van der Waals surface area contributed by atoms with Crippen LogP contribution in [0.2, 0.25) is 0 Å². The minimum Gasteiger partial charge on any atom is -0.324 e. The molecule has 1 N–H and O–H groups in total. The smallest absolute Gasteiger partial charge is 0.324 e. The zero-order chi connectivity index (χ0) is 15.2. The maximum Gasteiger partial charge on any atom is 0.328 e. The number of amides is 1. The van der Waals surface area contributed by atoms with E-state index in [1.165, 1.54) is 4.57 Å². The molecule has 0 saturated carbocycles. The molecule has 1 aromatic heterocycles. The molecule has 0 spiro atoms. The van der Waals surface area contributed by atoms with Gasteiger partial charge in [0.25, 0.3) is 0 Å². The van der Waals surface area contributed by atoms with Crippen molar-refractivity contribution in [2.45, 2.75) is 26.4 Å². The van der Waals surface area contributed by atoms with Gasteiger partial charge in [0.2, 0.25) is 5.91 Å². The molecule has 2 rings (SSSR count). The van der Waals surface area contributed by atoms with Crippen LogP contribution in [0.1, 0.15) is 18.9 Å². The highest BCUT2D eigenvalue weighted by Crippen LogP contribution is 2.09. The van der Waals surface area contributed by atoms with Gasteiger partial charge in [-0.15, -0.1) is 0 Å². The first kappa shape index (κ1) is 14.6. The van der Waals surface area contributed by atoms with Gasteiger partial charge in [0.15, 0.2) is 0 Å². The number of imidazole rings is 1. The summed E-state index contributed by atoms with van der Waals surface area (Å²) in [7, 11) is 0. The minimum absolute atomic E-state index is 0.0493. The summed E-state index contributed by atoms with van der Waals surface area (Å²) in [5.74, 6) is -0.304. The number of benzene rings is 1. The lowest BCUT2D eigenvalue weighted by atomic mass is 10.2. The highest BCUT2D eigenvalue weighted by atomic mass is 16.2. The van der Waals surface area contributed by atoms with E-state index in [1.807, 2.05) is 13.0 Å². The summed E-state index contributed by atoms with van der Waals surface area (Å²) in [5, 5.41) is 11.5. The zero-order valence-corrected chi connectivity index (χ0v) is 11.7. The van der Waals surface area contributed by atoms with Crippen molar-refractivity contribution in [1.29, 1.82) is 5.26 Å². The SMILES string of the molecule is CCCn1ccn(CC(=O)Nc2cccc(C#N)c2)c1=O. The van der Waals surface area contributed by atoms with E-state index >= 15 is 0 Å². The third kappa shape index (κ3) is 3.60. The van der Waals surface area contributed by atoms with E-state index in [4.69, 9.17) is 5.26 Å². The lowest BCUT2D eigenvalue weighted by Gasteiger charge is -2.05. The molecule has 21 heavy (non-hydrogen) atoms.